The average molecular weight is 252 g/mol. The maximum atomic E-state index is 12.2. The number of aryl methyl sites for hydroxylation is 1. The van der Waals surface area contributed by atoms with Crippen LogP contribution in [0.4, 0.5) is 0 Å². The molecule has 0 bridgehead atoms. The number of nitrogens with zero attached hydrogens (tertiary/aromatic N) is 1. The second kappa shape index (κ2) is 5.22. The molecule has 6 heteroatoms. The first-order valence-electron chi connectivity index (χ1n) is 5.84. The minimum absolute atomic E-state index is 0.0735. The summed E-state index contributed by atoms with van der Waals surface area (Å²) in [7, 11) is 0. The fraction of sp³-hybridized carbons (Fsp3) is 0.500. The lowest BCUT2D eigenvalue weighted by Crippen LogP contribution is -2.46. The number of rotatable bonds is 3. The topological polar surface area (TPSA) is 82.6 Å². The van der Waals surface area contributed by atoms with Gasteiger partial charge in [-0.05, 0) is 12.5 Å². The second-order valence-electron chi connectivity index (χ2n) is 4.39. The Morgan fingerprint density at radius 2 is 2.33 bits per heavy atom. The molecule has 0 spiro atoms. The number of carboxylic acid groups (broad SMARTS) is 1. The number of amides is 1. The lowest BCUT2D eigenvalue weighted by Gasteiger charge is -2.32. The highest BCUT2D eigenvalue weighted by Gasteiger charge is 2.27. The number of aliphatic carboxylic acids is 1. The third-order valence-electron chi connectivity index (χ3n) is 3.01. The van der Waals surface area contributed by atoms with Gasteiger partial charge in [0.25, 0.3) is 5.91 Å². The maximum Gasteiger partial charge on any atom is 0.306 e. The molecule has 1 unspecified atom stereocenters. The standard InChI is InChI=1S/C12H16N2O4/c1-8-5-13-6-10(8)12(17)14-2-3-18-9(7-14)4-11(15)16/h5-6,9,13H,2-4,7H2,1H3,(H,15,16). The lowest BCUT2D eigenvalue weighted by atomic mass is 10.1. The van der Waals surface area contributed by atoms with Crippen molar-refractivity contribution in [1.82, 2.24) is 9.88 Å². The van der Waals surface area contributed by atoms with Crippen molar-refractivity contribution in [2.75, 3.05) is 19.7 Å². The molecule has 98 valence electrons. The van der Waals surface area contributed by atoms with Gasteiger partial charge in [0.15, 0.2) is 0 Å². The summed E-state index contributed by atoms with van der Waals surface area (Å²) in [5, 5.41) is 8.73. The fourth-order valence-electron chi connectivity index (χ4n) is 2.06. The smallest absolute Gasteiger partial charge is 0.306 e. The summed E-state index contributed by atoms with van der Waals surface area (Å²) in [4.78, 5) is 27.4. The molecule has 6 nitrogen and oxygen atoms in total. The van der Waals surface area contributed by atoms with E-state index in [9.17, 15) is 9.59 Å². The molecule has 0 radical (unpaired) electrons. The molecule has 2 N–H and O–H groups in total. The Morgan fingerprint density at radius 3 is 2.94 bits per heavy atom. The molecule has 0 saturated carbocycles. The number of carboxylic acids is 1. The molecule has 0 aliphatic carbocycles. The number of H-pyrrole nitrogens is 1. The van der Waals surface area contributed by atoms with E-state index < -0.39 is 12.1 Å². The normalized spacial score (nSPS) is 19.8. The van der Waals surface area contributed by atoms with Gasteiger partial charge in [-0.25, -0.2) is 0 Å². The molecule has 1 aromatic rings. The summed E-state index contributed by atoms with van der Waals surface area (Å²) in [5.74, 6) is -0.987. The zero-order chi connectivity index (χ0) is 13.1. The summed E-state index contributed by atoms with van der Waals surface area (Å²) < 4.78 is 5.33. The number of carbonyl (C=O) groups excluding carboxylic acids is 1. The van der Waals surface area contributed by atoms with Gasteiger partial charge in [-0.2, -0.15) is 0 Å². The first-order chi connectivity index (χ1) is 8.58. The summed E-state index contributed by atoms with van der Waals surface area (Å²) in [5.41, 5.74) is 1.52. The highest BCUT2D eigenvalue weighted by atomic mass is 16.5. The van der Waals surface area contributed by atoms with Crippen LogP contribution in [-0.4, -0.2) is 52.7 Å². The van der Waals surface area contributed by atoms with Crippen molar-refractivity contribution in [3.63, 3.8) is 0 Å². The van der Waals surface area contributed by atoms with Crippen LogP contribution >= 0.6 is 0 Å². The minimum atomic E-state index is -0.910. The summed E-state index contributed by atoms with van der Waals surface area (Å²) >= 11 is 0. The van der Waals surface area contributed by atoms with Gasteiger partial charge in [-0.1, -0.05) is 0 Å². The molecule has 1 aliphatic rings. The van der Waals surface area contributed by atoms with Gasteiger partial charge in [0.05, 0.1) is 24.7 Å². The van der Waals surface area contributed by atoms with Crippen molar-refractivity contribution in [3.05, 3.63) is 23.5 Å². The molecule has 1 saturated heterocycles. The Labute approximate surface area is 105 Å². The predicted molar refractivity (Wildman–Crippen MR) is 63.4 cm³/mol. The van der Waals surface area contributed by atoms with Crippen LogP contribution in [0.5, 0.6) is 0 Å². The van der Waals surface area contributed by atoms with E-state index in [0.717, 1.165) is 5.56 Å². The quantitative estimate of drug-likeness (QED) is 0.827. The van der Waals surface area contributed by atoms with Crippen LogP contribution in [0.2, 0.25) is 0 Å². The van der Waals surface area contributed by atoms with Crippen LogP contribution in [0.15, 0.2) is 12.4 Å². The molecule has 0 aromatic carbocycles. The van der Waals surface area contributed by atoms with Crippen LogP contribution in [0.1, 0.15) is 22.3 Å². The third-order valence-corrected chi connectivity index (χ3v) is 3.01. The van der Waals surface area contributed by atoms with Crippen molar-refractivity contribution >= 4 is 11.9 Å². The molecular weight excluding hydrogens is 236 g/mol. The Balaban J connectivity index is 2.03. The molecule has 2 heterocycles. The molecule has 18 heavy (non-hydrogen) atoms. The van der Waals surface area contributed by atoms with Gasteiger partial charge in [0.2, 0.25) is 0 Å². The van der Waals surface area contributed by atoms with Crippen molar-refractivity contribution < 1.29 is 19.4 Å². The monoisotopic (exact) mass is 252 g/mol. The number of hydrogen-bond acceptors (Lipinski definition) is 3. The SMILES string of the molecule is Cc1c[nH]cc1C(=O)N1CCOC(CC(=O)O)C1. The highest BCUT2D eigenvalue weighted by molar-refractivity contribution is 5.95. The average Bonchev–Trinajstić information content (AvgIpc) is 2.74. The number of carbonyl (C=O) groups is 2. The van der Waals surface area contributed by atoms with E-state index in [1.54, 1.807) is 17.3 Å². The van der Waals surface area contributed by atoms with Crippen molar-refractivity contribution in [2.24, 2.45) is 0 Å². The zero-order valence-electron chi connectivity index (χ0n) is 10.2. The highest BCUT2D eigenvalue weighted by Crippen LogP contribution is 2.14. The van der Waals surface area contributed by atoms with Gasteiger partial charge in [-0.15, -0.1) is 0 Å². The maximum absolute atomic E-state index is 12.2. The van der Waals surface area contributed by atoms with Gasteiger partial charge < -0.3 is 19.7 Å². The van der Waals surface area contributed by atoms with E-state index in [1.165, 1.54) is 0 Å². The largest absolute Gasteiger partial charge is 0.481 e. The predicted octanol–water partition coefficient (Wildman–Crippen LogP) is 0.639. The van der Waals surface area contributed by atoms with E-state index in [-0.39, 0.29) is 12.3 Å². The van der Waals surface area contributed by atoms with Gasteiger partial charge in [-0.3, -0.25) is 9.59 Å². The van der Waals surface area contributed by atoms with Crippen LogP contribution in [0, 0.1) is 6.92 Å². The minimum Gasteiger partial charge on any atom is -0.481 e. The number of aromatic nitrogens is 1. The molecule has 1 fully saturated rings. The molecular formula is C12H16N2O4. The van der Waals surface area contributed by atoms with E-state index in [4.69, 9.17) is 9.84 Å². The number of hydrogen-bond donors (Lipinski definition) is 2. The van der Waals surface area contributed by atoms with Gasteiger partial charge >= 0.3 is 5.97 Å². The molecule has 1 atom stereocenters. The number of morpholine rings is 1. The Hall–Kier alpha value is -1.82. The van der Waals surface area contributed by atoms with Crippen molar-refractivity contribution in [2.45, 2.75) is 19.4 Å². The van der Waals surface area contributed by atoms with Crippen LogP contribution in [0.3, 0.4) is 0 Å². The Kier molecular flexibility index (Phi) is 3.66. The third kappa shape index (κ3) is 2.70. The van der Waals surface area contributed by atoms with Crippen LogP contribution in [-0.2, 0) is 9.53 Å². The molecule has 2 rings (SSSR count). The molecule has 1 aliphatic heterocycles. The van der Waals surface area contributed by atoms with Crippen LogP contribution < -0.4 is 0 Å². The second-order valence-corrected chi connectivity index (χ2v) is 4.39. The summed E-state index contributed by atoms with van der Waals surface area (Å²) in [6, 6.07) is 0. The van der Waals surface area contributed by atoms with E-state index in [0.29, 0.717) is 25.3 Å². The van der Waals surface area contributed by atoms with E-state index >= 15 is 0 Å². The molecule has 1 aromatic heterocycles. The summed E-state index contributed by atoms with van der Waals surface area (Å²) in [6.45, 7) is 3.07. The number of aromatic amines is 1. The van der Waals surface area contributed by atoms with Crippen molar-refractivity contribution in [3.8, 4) is 0 Å². The Morgan fingerprint density at radius 1 is 1.56 bits per heavy atom. The number of ether oxygens (including phenoxy) is 1. The zero-order valence-corrected chi connectivity index (χ0v) is 10.2. The van der Waals surface area contributed by atoms with Gasteiger partial charge in [0.1, 0.15) is 0 Å². The molecule has 1 amide bonds. The van der Waals surface area contributed by atoms with Crippen LogP contribution in [0.25, 0.3) is 0 Å². The lowest BCUT2D eigenvalue weighted by molar-refractivity contribution is -0.141. The number of nitrogens with one attached hydrogen (secondary N) is 1. The summed E-state index contributed by atoms with van der Waals surface area (Å²) in [6.07, 6.45) is 2.94. The first kappa shape index (κ1) is 12.6. The first-order valence-corrected chi connectivity index (χ1v) is 5.84. The van der Waals surface area contributed by atoms with Gasteiger partial charge in [0, 0.05) is 25.5 Å². The van der Waals surface area contributed by atoms with E-state index in [1.807, 2.05) is 6.92 Å². The van der Waals surface area contributed by atoms with E-state index in [2.05, 4.69) is 4.98 Å². The van der Waals surface area contributed by atoms with Crippen molar-refractivity contribution in [1.29, 1.82) is 0 Å². The Bertz CT molecular complexity index is 455. The fourth-order valence-corrected chi connectivity index (χ4v) is 2.06.